The van der Waals surface area contributed by atoms with Crippen molar-refractivity contribution in [3.63, 3.8) is 0 Å². The van der Waals surface area contributed by atoms with Gasteiger partial charge in [0, 0.05) is 31.7 Å². The lowest BCUT2D eigenvalue weighted by Gasteiger charge is -2.38. The van der Waals surface area contributed by atoms with Gasteiger partial charge in [-0.3, -0.25) is 0 Å². The van der Waals surface area contributed by atoms with E-state index in [1.54, 1.807) is 26.2 Å². The Balaban J connectivity index is 2.14. The number of benzene rings is 1. The second kappa shape index (κ2) is 7.54. The van der Waals surface area contributed by atoms with Crippen molar-refractivity contribution in [2.75, 3.05) is 32.1 Å². The molecule has 0 unspecified atom stereocenters. The Bertz CT molecular complexity index is 760. The summed E-state index contributed by atoms with van der Waals surface area (Å²) in [4.78, 5) is 2.57. The van der Waals surface area contributed by atoms with Crippen molar-refractivity contribution >= 4 is 40.0 Å². The summed E-state index contributed by atoms with van der Waals surface area (Å²) in [6, 6.07) is 5.25. The van der Waals surface area contributed by atoms with Crippen molar-refractivity contribution in [3.05, 3.63) is 22.7 Å². The van der Waals surface area contributed by atoms with Gasteiger partial charge in [-0.15, -0.1) is 0 Å². The van der Waals surface area contributed by atoms with Gasteiger partial charge in [0.15, 0.2) is 8.32 Å². The Morgan fingerprint density at radius 2 is 1.88 bits per heavy atom. The van der Waals surface area contributed by atoms with Crippen molar-refractivity contribution in [2.45, 2.75) is 56.3 Å². The van der Waals surface area contributed by atoms with Gasteiger partial charge in [-0.1, -0.05) is 20.8 Å². The van der Waals surface area contributed by atoms with E-state index in [9.17, 15) is 8.42 Å². The highest BCUT2D eigenvalue weighted by atomic mass is 79.9. The van der Waals surface area contributed by atoms with Gasteiger partial charge in [0.2, 0.25) is 10.0 Å². The van der Waals surface area contributed by atoms with E-state index >= 15 is 0 Å². The second-order valence-corrected chi connectivity index (χ2v) is 16.4. The third kappa shape index (κ3) is 4.52. The van der Waals surface area contributed by atoms with Gasteiger partial charge in [-0.25, -0.2) is 12.7 Å². The molecule has 26 heavy (non-hydrogen) atoms. The minimum atomic E-state index is -3.43. The number of nitrogens with zero attached hydrogens (tertiary/aromatic N) is 2. The summed E-state index contributed by atoms with van der Waals surface area (Å²) >= 11 is 3.56. The number of sulfonamides is 1. The van der Waals surface area contributed by atoms with Crippen molar-refractivity contribution in [3.8, 4) is 0 Å². The fraction of sp³-hybridized carbons (Fsp3) is 0.667. The second-order valence-electron chi connectivity index (χ2n) is 8.64. The molecule has 1 saturated heterocycles. The zero-order chi connectivity index (χ0) is 19.9. The average Bonchev–Trinajstić information content (AvgIpc) is 2.93. The highest BCUT2D eigenvalue weighted by Gasteiger charge is 2.40. The zero-order valence-electron chi connectivity index (χ0n) is 16.8. The smallest absolute Gasteiger partial charge is 0.242 e. The van der Waals surface area contributed by atoms with Crippen LogP contribution in [-0.2, 0) is 14.4 Å². The normalized spacial score (nSPS) is 19.4. The van der Waals surface area contributed by atoms with Crippen LogP contribution in [0.3, 0.4) is 0 Å². The summed E-state index contributed by atoms with van der Waals surface area (Å²) < 4.78 is 33.2. The van der Waals surface area contributed by atoms with Crippen LogP contribution in [0, 0.1) is 0 Å². The van der Waals surface area contributed by atoms with Gasteiger partial charge in [0.1, 0.15) is 0 Å². The lowest BCUT2D eigenvalue weighted by Crippen LogP contribution is -2.44. The molecule has 0 radical (unpaired) electrons. The van der Waals surface area contributed by atoms with Gasteiger partial charge < -0.3 is 9.33 Å². The molecule has 0 N–H and O–H groups in total. The van der Waals surface area contributed by atoms with Crippen LogP contribution in [-0.4, -0.2) is 54.3 Å². The Morgan fingerprint density at radius 1 is 1.27 bits per heavy atom. The number of rotatable bonds is 5. The van der Waals surface area contributed by atoms with E-state index in [0.717, 1.165) is 29.7 Å². The summed E-state index contributed by atoms with van der Waals surface area (Å²) in [6.45, 7) is 13.1. The van der Waals surface area contributed by atoms with Gasteiger partial charge in [0.05, 0.1) is 16.7 Å². The third-order valence-electron chi connectivity index (χ3n) is 5.45. The van der Waals surface area contributed by atoms with Gasteiger partial charge in [0.25, 0.3) is 0 Å². The van der Waals surface area contributed by atoms with Gasteiger partial charge >= 0.3 is 0 Å². The van der Waals surface area contributed by atoms with Crippen LogP contribution < -0.4 is 4.90 Å². The first kappa shape index (κ1) is 21.9. The number of anilines is 1. The lowest BCUT2D eigenvalue weighted by atomic mass is 10.2. The summed E-state index contributed by atoms with van der Waals surface area (Å²) in [5.41, 5.74) is 1.02. The van der Waals surface area contributed by atoms with Crippen LogP contribution in [0.1, 0.15) is 27.2 Å². The van der Waals surface area contributed by atoms with E-state index in [0.29, 0.717) is 4.90 Å². The molecule has 0 aromatic heterocycles. The minimum Gasteiger partial charge on any atom is -0.412 e. The summed E-state index contributed by atoms with van der Waals surface area (Å²) in [5.74, 6) is 0. The van der Waals surface area contributed by atoms with Gasteiger partial charge in [-0.2, -0.15) is 0 Å². The van der Waals surface area contributed by atoms with E-state index in [4.69, 9.17) is 4.43 Å². The quantitative estimate of drug-likeness (QED) is 0.611. The molecule has 0 amide bonds. The summed E-state index contributed by atoms with van der Waals surface area (Å²) in [7, 11) is -2.12. The molecule has 1 aliphatic rings. The fourth-order valence-corrected chi connectivity index (χ4v) is 5.84. The third-order valence-corrected chi connectivity index (χ3v) is 12.4. The molecule has 0 bridgehead atoms. The molecule has 1 atom stereocenters. The highest BCUT2D eigenvalue weighted by Crippen LogP contribution is 2.39. The molecule has 1 fully saturated rings. The largest absolute Gasteiger partial charge is 0.412 e. The number of hydrogen-bond donors (Lipinski definition) is 0. The topological polar surface area (TPSA) is 49.9 Å². The monoisotopic (exact) mass is 462 g/mol. The maximum absolute atomic E-state index is 12.3. The Hall–Kier alpha value is -0.413. The van der Waals surface area contributed by atoms with Crippen molar-refractivity contribution < 1.29 is 12.8 Å². The Morgan fingerprint density at radius 3 is 2.38 bits per heavy atom. The molecule has 2 rings (SSSR count). The molecule has 0 spiro atoms. The Kier molecular flexibility index (Phi) is 6.35. The zero-order valence-corrected chi connectivity index (χ0v) is 20.2. The number of hydrogen-bond acceptors (Lipinski definition) is 4. The standard InChI is InChI=1S/C18H31BrN2O3SSi/c1-18(2,3)26(6,7)24-14-10-11-21(13-14)17-9-8-15(12-16(17)19)25(22,23)20(4)5/h8-9,12,14H,10-11,13H2,1-7H3/t14-/m1/s1. The maximum Gasteiger partial charge on any atom is 0.242 e. The lowest BCUT2D eigenvalue weighted by molar-refractivity contribution is 0.202. The summed E-state index contributed by atoms with van der Waals surface area (Å²) in [5, 5.41) is 0.198. The molecular formula is C18H31BrN2O3SSi. The Labute approximate surface area is 168 Å². The SMILES string of the molecule is CN(C)S(=O)(=O)c1ccc(N2CC[C@@H](O[Si](C)(C)C(C)(C)C)C2)c(Br)c1. The number of halogens is 1. The van der Waals surface area contributed by atoms with Crippen LogP contribution in [0.15, 0.2) is 27.6 Å². The molecule has 5 nitrogen and oxygen atoms in total. The van der Waals surface area contributed by atoms with Crippen molar-refractivity contribution in [2.24, 2.45) is 0 Å². The van der Waals surface area contributed by atoms with E-state index in [1.165, 1.54) is 4.31 Å². The molecule has 0 saturated carbocycles. The van der Waals surface area contributed by atoms with E-state index in [-0.39, 0.29) is 11.1 Å². The van der Waals surface area contributed by atoms with Crippen LogP contribution in [0.2, 0.25) is 18.1 Å². The highest BCUT2D eigenvalue weighted by molar-refractivity contribution is 9.10. The first-order valence-electron chi connectivity index (χ1n) is 8.90. The molecule has 0 aliphatic carbocycles. The van der Waals surface area contributed by atoms with E-state index in [2.05, 4.69) is 54.7 Å². The molecule has 1 heterocycles. The molecule has 148 valence electrons. The molecule has 1 aromatic carbocycles. The minimum absolute atomic E-state index is 0.198. The van der Waals surface area contributed by atoms with Gasteiger partial charge in [-0.05, 0) is 58.7 Å². The predicted molar refractivity (Wildman–Crippen MR) is 114 cm³/mol. The predicted octanol–water partition coefficient (Wildman–Crippen LogP) is 4.30. The molecule has 1 aromatic rings. The van der Waals surface area contributed by atoms with E-state index < -0.39 is 18.3 Å². The first-order valence-corrected chi connectivity index (χ1v) is 14.0. The first-order chi connectivity index (χ1) is 11.8. The fourth-order valence-electron chi connectivity index (χ4n) is 2.75. The molecule has 1 aliphatic heterocycles. The average molecular weight is 464 g/mol. The molecular weight excluding hydrogens is 432 g/mol. The maximum atomic E-state index is 12.3. The molecule has 8 heteroatoms. The summed E-state index contributed by atoms with van der Waals surface area (Å²) in [6.07, 6.45) is 1.23. The van der Waals surface area contributed by atoms with Crippen molar-refractivity contribution in [1.82, 2.24) is 4.31 Å². The van der Waals surface area contributed by atoms with Crippen LogP contribution in [0.25, 0.3) is 0 Å². The van der Waals surface area contributed by atoms with Crippen LogP contribution in [0.5, 0.6) is 0 Å². The van der Waals surface area contributed by atoms with Crippen LogP contribution >= 0.6 is 15.9 Å². The van der Waals surface area contributed by atoms with E-state index in [1.807, 2.05) is 6.07 Å². The van der Waals surface area contributed by atoms with Crippen molar-refractivity contribution in [1.29, 1.82) is 0 Å². The van der Waals surface area contributed by atoms with Crippen LogP contribution in [0.4, 0.5) is 5.69 Å².